The molecule has 0 heterocycles. The van der Waals surface area contributed by atoms with Crippen LogP contribution in [-0.2, 0) is 4.74 Å². The Kier molecular flexibility index (Phi) is 8.61. The van der Waals surface area contributed by atoms with Crippen LogP contribution in [0.1, 0.15) is 38.5 Å². The number of rotatable bonds is 9. The van der Waals surface area contributed by atoms with Gasteiger partial charge in [-0.15, -0.1) is 0 Å². The van der Waals surface area contributed by atoms with E-state index in [-0.39, 0.29) is 6.61 Å². The lowest BCUT2D eigenvalue weighted by atomic mass is 9.94. The van der Waals surface area contributed by atoms with E-state index in [1.807, 2.05) is 0 Å². The highest BCUT2D eigenvalue weighted by Crippen LogP contribution is 2.22. The number of nitrogens with two attached hydrogens (primary N) is 1. The van der Waals surface area contributed by atoms with Crippen molar-refractivity contribution in [1.29, 1.82) is 0 Å². The Morgan fingerprint density at radius 2 is 1.88 bits per heavy atom. The van der Waals surface area contributed by atoms with Crippen molar-refractivity contribution in [3.05, 3.63) is 0 Å². The highest BCUT2D eigenvalue weighted by atomic mass is 16.5. The van der Waals surface area contributed by atoms with Crippen LogP contribution in [0.4, 0.5) is 0 Å². The van der Waals surface area contributed by atoms with Crippen LogP contribution in [0.5, 0.6) is 0 Å². The fourth-order valence-corrected chi connectivity index (χ4v) is 2.57. The molecule has 4 heteroatoms. The van der Waals surface area contributed by atoms with Crippen molar-refractivity contribution in [2.75, 3.05) is 39.5 Å². The Morgan fingerprint density at radius 1 is 1.12 bits per heavy atom. The lowest BCUT2D eigenvalue weighted by molar-refractivity contribution is 0.0564. The lowest BCUT2D eigenvalue weighted by Crippen LogP contribution is -2.40. The molecule has 1 aliphatic carbocycles. The molecule has 3 N–H and O–H groups in total. The first-order valence-electron chi connectivity index (χ1n) is 7.01. The molecule has 17 heavy (non-hydrogen) atoms. The minimum absolute atomic E-state index is 0.117. The van der Waals surface area contributed by atoms with Crippen LogP contribution in [0.3, 0.4) is 0 Å². The van der Waals surface area contributed by atoms with Gasteiger partial charge in [-0.3, -0.25) is 4.90 Å². The SMILES string of the molecule is NCCCN(CCOCCO)C1CCCCC1. The van der Waals surface area contributed by atoms with Crippen LogP contribution >= 0.6 is 0 Å². The molecule has 0 radical (unpaired) electrons. The summed E-state index contributed by atoms with van der Waals surface area (Å²) >= 11 is 0. The Hall–Kier alpha value is -0.160. The summed E-state index contributed by atoms with van der Waals surface area (Å²) in [6, 6.07) is 0.730. The zero-order valence-electron chi connectivity index (χ0n) is 10.9. The summed E-state index contributed by atoms with van der Waals surface area (Å²) in [6.07, 6.45) is 7.83. The Bertz CT molecular complexity index is 173. The predicted octanol–water partition coefficient (Wildman–Crippen LogP) is 0.979. The van der Waals surface area contributed by atoms with Crippen molar-refractivity contribution in [1.82, 2.24) is 4.90 Å². The number of ether oxygens (including phenoxy) is 1. The van der Waals surface area contributed by atoms with Crippen molar-refractivity contribution in [3.63, 3.8) is 0 Å². The lowest BCUT2D eigenvalue weighted by Gasteiger charge is -2.34. The molecule has 0 aromatic carbocycles. The average Bonchev–Trinajstić information content (AvgIpc) is 2.39. The molecule has 0 unspecified atom stereocenters. The van der Waals surface area contributed by atoms with Gasteiger partial charge in [0, 0.05) is 12.6 Å². The topological polar surface area (TPSA) is 58.7 Å². The number of nitrogens with zero attached hydrogens (tertiary/aromatic N) is 1. The molecule has 4 nitrogen and oxygen atoms in total. The van der Waals surface area contributed by atoms with E-state index in [1.54, 1.807) is 0 Å². The Balaban J connectivity index is 2.25. The summed E-state index contributed by atoms with van der Waals surface area (Å²) in [5, 5.41) is 8.67. The van der Waals surface area contributed by atoms with Crippen LogP contribution in [0.2, 0.25) is 0 Å². The van der Waals surface area contributed by atoms with Gasteiger partial charge in [-0.25, -0.2) is 0 Å². The summed E-state index contributed by atoms with van der Waals surface area (Å²) in [7, 11) is 0. The number of hydrogen-bond donors (Lipinski definition) is 2. The summed E-state index contributed by atoms with van der Waals surface area (Å²) in [5.41, 5.74) is 5.59. The van der Waals surface area contributed by atoms with Gasteiger partial charge in [0.05, 0.1) is 19.8 Å². The van der Waals surface area contributed by atoms with Gasteiger partial charge in [0.15, 0.2) is 0 Å². The average molecular weight is 244 g/mol. The second-order valence-corrected chi connectivity index (χ2v) is 4.81. The minimum atomic E-state index is 0.117. The minimum Gasteiger partial charge on any atom is -0.394 e. The molecular weight excluding hydrogens is 216 g/mol. The second-order valence-electron chi connectivity index (χ2n) is 4.81. The van der Waals surface area contributed by atoms with Gasteiger partial charge in [-0.05, 0) is 32.4 Å². The summed E-state index contributed by atoms with van der Waals surface area (Å²) in [6.45, 7) is 4.12. The molecule has 0 spiro atoms. The van der Waals surface area contributed by atoms with Gasteiger partial charge in [0.2, 0.25) is 0 Å². The van der Waals surface area contributed by atoms with E-state index in [9.17, 15) is 0 Å². The molecule has 1 fully saturated rings. The van der Waals surface area contributed by atoms with Gasteiger partial charge in [-0.1, -0.05) is 19.3 Å². The van der Waals surface area contributed by atoms with Crippen molar-refractivity contribution in [2.24, 2.45) is 5.73 Å². The van der Waals surface area contributed by atoms with Crippen LogP contribution in [0, 0.1) is 0 Å². The van der Waals surface area contributed by atoms with Crippen molar-refractivity contribution in [3.8, 4) is 0 Å². The van der Waals surface area contributed by atoms with E-state index in [1.165, 1.54) is 32.1 Å². The molecule has 0 aromatic rings. The highest BCUT2D eigenvalue weighted by Gasteiger charge is 2.20. The molecule has 1 saturated carbocycles. The zero-order chi connectivity index (χ0) is 12.3. The molecule has 0 aromatic heterocycles. The largest absolute Gasteiger partial charge is 0.394 e. The van der Waals surface area contributed by atoms with Gasteiger partial charge >= 0.3 is 0 Å². The fraction of sp³-hybridized carbons (Fsp3) is 1.00. The van der Waals surface area contributed by atoms with E-state index in [2.05, 4.69) is 4.90 Å². The van der Waals surface area contributed by atoms with Crippen molar-refractivity contribution < 1.29 is 9.84 Å². The quantitative estimate of drug-likeness (QED) is 0.594. The molecule has 0 aliphatic heterocycles. The van der Waals surface area contributed by atoms with E-state index < -0.39 is 0 Å². The summed E-state index contributed by atoms with van der Waals surface area (Å²) in [5.74, 6) is 0. The molecule has 0 bridgehead atoms. The molecular formula is C13H28N2O2. The van der Waals surface area contributed by atoms with Crippen LogP contribution < -0.4 is 5.73 Å². The van der Waals surface area contributed by atoms with E-state index in [0.29, 0.717) is 6.61 Å². The van der Waals surface area contributed by atoms with Crippen LogP contribution in [0.25, 0.3) is 0 Å². The molecule has 1 rings (SSSR count). The summed E-state index contributed by atoms with van der Waals surface area (Å²) < 4.78 is 5.36. The maximum absolute atomic E-state index is 8.67. The zero-order valence-corrected chi connectivity index (χ0v) is 10.9. The molecule has 102 valence electrons. The van der Waals surface area contributed by atoms with E-state index in [4.69, 9.17) is 15.6 Å². The van der Waals surface area contributed by atoms with Gasteiger partial charge in [0.25, 0.3) is 0 Å². The predicted molar refractivity (Wildman–Crippen MR) is 70.0 cm³/mol. The third kappa shape index (κ3) is 6.36. The molecule has 0 atom stereocenters. The maximum Gasteiger partial charge on any atom is 0.0698 e. The first kappa shape index (κ1) is 14.9. The molecule has 0 saturated heterocycles. The monoisotopic (exact) mass is 244 g/mol. The first-order valence-corrected chi connectivity index (χ1v) is 7.01. The standard InChI is InChI=1S/C13H28N2O2/c14-7-4-8-15(9-11-17-12-10-16)13-5-2-1-3-6-13/h13,16H,1-12,14H2. The van der Waals surface area contributed by atoms with E-state index >= 15 is 0 Å². The van der Waals surface area contributed by atoms with Gasteiger partial charge in [0.1, 0.15) is 0 Å². The molecule has 1 aliphatic rings. The van der Waals surface area contributed by atoms with Gasteiger partial charge < -0.3 is 15.6 Å². The van der Waals surface area contributed by atoms with Crippen molar-refractivity contribution in [2.45, 2.75) is 44.6 Å². The van der Waals surface area contributed by atoms with Crippen LogP contribution in [-0.4, -0.2) is 55.5 Å². The Labute approximate surface area is 105 Å². The van der Waals surface area contributed by atoms with E-state index in [0.717, 1.165) is 38.7 Å². The number of aliphatic hydroxyl groups is 1. The van der Waals surface area contributed by atoms with Crippen LogP contribution in [0.15, 0.2) is 0 Å². The molecule has 0 amide bonds. The van der Waals surface area contributed by atoms with Crippen molar-refractivity contribution >= 4 is 0 Å². The fourth-order valence-electron chi connectivity index (χ4n) is 2.57. The maximum atomic E-state index is 8.67. The normalized spacial score (nSPS) is 17.8. The number of hydrogen-bond acceptors (Lipinski definition) is 4. The highest BCUT2D eigenvalue weighted by molar-refractivity contribution is 4.75. The first-order chi connectivity index (χ1) is 8.38. The smallest absolute Gasteiger partial charge is 0.0698 e. The Morgan fingerprint density at radius 3 is 2.53 bits per heavy atom. The third-order valence-electron chi connectivity index (χ3n) is 3.50. The number of aliphatic hydroxyl groups excluding tert-OH is 1. The third-order valence-corrected chi connectivity index (χ3v) is 3.50. The van der Waals surface area contributed by atoms with Gasteiger partial charge in [-0.2, -0.15) is 0 Å². The second kappa shape index (κ2) is 9.83. The summed E-state index contributed by atoms with van der Waals surface area (Å²) in [4.78, 5) is 2.53.